The van der Waals surface area contributed by atoms with E-state index in [0.29, 0.717) is 16.9 Å². The van der Waals surface area contributed by atoms with Crippen LogP contribution < -0.4 is 0 Å². The summed E-state index contributed by atoms with van der Waals surface area (Å²) in [7, 11) is 0. The Bertz CT molecular complexity index is 784. The lowest BCUT2D eigenvalue weighted by Crippen LogP contribution is -2.57. The van der Waals surface area contributed by atoms with Crippen molar-refractivity contribution in [3.05, 3.63) is 34.9 Å². The van der Waals surface area contributed by atoms with Crippen molar-refractivity contribution in [3.63, 3.8) is 0 Å². The van der Waals surface area contributed by atoms with Crippen LogP contribution in [0.4, 0.5) is 0 Å². The first-order valence-corrected chi connectivity index (χ1v) is 13.9. The zero-order chi connectivity index (χ0) is 23.3. The monoisotopic (exact) mass is 437 g/mol. The number of hydrogen-bond donors (Lipinski definition) is 0. The van der Waals surface area contributed by atoms with Crippen LogP contribution in [-0.2, 0) is 11.8 Å². The van der Waals surface area contributed by atoms with E-state index >= 15 is 0 Å². The minimum absolute atomic E-state index is 0.379. The summed E-state index contributed by atoms with van der Waals surface area (Å²) in [5.41, 5.74) is 5.77. The number of rotatable bonds is 7. The van der Waals surface area contributed by atoms with Crippen LogP contribution in [0.1, 0.15) is 104 Å². The van der Waals surface area contributed by atoms with Gasteiger partial charge in [-0.15, -0.1) is 0 Å². The molecule has 0 amide bonds. The van der Waals surface area contributed by atoms with Crippen molar-refractivity contribution in [2.75, 3.05) is 13.1 Å². The van der Waals surface area contributed by atoms with Crippen molar-refractivity contribution in [3.8, 4) is 0 Å². The van der Waals surface area contributed by atoms with Crippen LogP contribution >= 0.6 is 0 Å². The molecule has 4 unspecified atom stereocenters. The SMILES string of the molecule is CCCC(CC1C(C)N(CC2CC2)CCC12c1c(C)cccc1C[C@H]2C)[C@@H](C)C(C)(C)C. The molecule has 1 heteroatoms. The standard InChI is InChI=1S/C31H51N/c1-9-11-26(23(4)30(6,7)8)19-28-24(5)32(20-25-14-15-25)17-16-31(28)22(3)18-27-13-10-12-21(2)29(27)31/h10,12-13,22-26,28H,9,11,14-20H2,1-8H3/t22-,23-,24?,26?,28?,31?/m1/s1. The second kappa shape index (κ2) is 9.09. The number of likely N-dealkylation sites (tertiary alicyclic amines) is 1. The van der Waals surface area contributed by atoms with Crippen LogP contribution in [0.2, 0.25) is 0 Å². The summed E-state index contributed by atoms with van der Waals surface area (Å²) in [6, 6.07) is 7.86. The molecule has 2 fully saturated rings. The van der Waals surface area contributed by atoms with Gasteiger partial charge in [0.15, 0.2) is 0 Å². The maximum absolute atomic E-state index is 2.92. The highest BCUT2D eigenvalue weighted by Gasteiger charge is 2.55. The topological polar surface area (TPSA) is 3.24 Å². The van der Waals surface area contributed by atoms with Gasteiger partial charge < -0.3 is 4.90 Å². The molecule has 0 N–H and O–H groups in total. The van der Waals surface area contributed by atoms with Crippen molar-refractivity contribution < 1.29 is 0 Å². The van der Waals surface area contributed by atoms with E-state index in [4.69, 9.17) is 0 Å². The summed E-state index contributed by atoms with van der Waals surface area (Å²) in [5.74, 6) is 4.11. The minimum Gasteiger partial charge on any atom is -0.300 e. The highest BCUT2D eigenvalue weighted by atomic mass is 15.2. The molecule has 4 rings (SSSR count). The van der Waals surface area contributed by atoms with E-state index in [9.17, 15) is 0 Å². The van der Waals surface area contributed by atoms with Gasteiger partial charge in [-0.05, 0) is 104 Å². The average Bonchev–Trinajstić information content (AvgIpc) is 3.49. The van der Waals surface area contributed by atoms with E-state index in [0.717, 1.165) is 29.6 Å². The van der Waals surface area contributed by atoms with Gasteiger partial charge >= 0.3 is 0 Å². The van der Waals surface area contributed by atoms with Crippen LogP contribution in [0, 0.1) is 41.9 Å². The molecule has 1 aromatic rings. The highest BCUT2D eigenvalue weighted by Crippen LogP contribution is 2.58. The summed E-state index contributed by atoms with van der Waals surface area (Å²) in [6.07, 6.45) is 9.71. The lowest BCUT2D eigenvalue weighted by Gasteiger charge is -2.55. The Morgan fingerprint density at radius 3 is 2.50 bits per heavy atom. The molecule has 1 saturated carbocycles. The predicted molar refractivity (Wildman–Crippen MR) is 139 cm³/mol. The van der Waals surface area contributed by atoms with Gasteiger partial charge in [-0.25, -0.2) is 0 Å². The summed E-state index contributed by atoms with van der Waals surface area (Å²) >= 11 is 0. The first-order chi connectivity index (χ1) is 15.1. The van der Waals surface area contributed by atoms with Gasteiger partial charge in [0.25, 0.3) is 0 Å². The number of hydrogen-bond acceptors (Lipinski definition) is 1. The van der Waals surface area contributed by atoms with Gasteiger partial charge in [0.2, 0.25) is 0 Å². The van der Waals surface area contributed by atoms with Crippen molar-refractivity contribution in [1.29, 1.82) is 0 Å². The van der Waals surface area contributed by atoms with E-state index < -0.39 is 0 Å². The molecule has 2 aliphatic carbocycles. The molecule has 1 spiro atoms. The molecule has 1 heterocycles. The maximum atomic E-state index is 2.92. The Balaban J connectivity index is 1.74. The van der Waals surface area contributed by atoms with Crippen LogP contribution in [0.3, 0.4) is 0 Å². The number of piperidine rings is 1. The van der Waals surface area contributed by atoms with E-state index in [1.165, 1.54) is 58.0 Å². The molecule has 0 radical (unpaired) electrons. The summed E-state index contributed by atoms with van der Waals surface area (Å²) in [6.45, 7) is 22.6. The zero-order valence-corrected chi connectivity index (χ0v) is 22.5. The smallest absolute Gasteiger partial charge is 0.0104 e. The Morgan fingerprint density at radius 2 is 1.88 bits per heavy atom. The van der Waals surface area contributed by atoms with E-state index in [1.807, 2.05) is 0 Å². The second-order valence-electron chi connectivity index (χ2n) is 13.2. The van der Waals surface area contributed by atoms with E-state index in [1.54, 1.807) is 16.7 Å². The molecule has 1 saturated heterocycles. The van der Waals surface area contributed by atoms with E-state index in [-0.39, 0.29) is 0 Å². The predicted octanol–water partition coefficient (Wildman–Crippen LogP) is 8.03. The molecule has 32 heavy (non-hydrogen) atoms. The molecule has 0 bridgehead atoms. The minimum atomic E-state index is 0.379. The Hall–Kier alpha value is -0.820. The third-order valence-corrected chi connectivity index (χ3v) is 10.3. The number of fused-ring (bicyclic) bond motifs is 2. The van der Waals surface area contributed by atoms with Gasteiger partial charge in [0.1, 0.15) is 0 Å². The zero-order valence-electron chi connectivity index (χ0n) is 22.5. The van der Waals surface area contributed by atoms with Crippen LogP contribution in [0.15, 0.2) is 18.2 Å². The van der Waals surface area contributed by atoms with Crippen LogP contribution in [0.25, 0.3) is 0 Å². The highest BCUT2D eigenvalue weighted by molar-refractivity contribution is 5.47. The quantitative estimate of drug-likeness (QED) is 0.417. The summed E-state index contributed by atoms with van der Waals surface area (Å²) in [4.78, 5) is 2.92. The molecule has 1 aromatic carbocycles. The van der Waals surface area contributed by atoms with Crippen LogP contribution in [-0.4, -0.2) is 24.0 Å². The van der Waals surface area contributed by atoms with Gasteiger partial charge in [-0.3, -0.25) is 0 Å². The number of aryl methyl sites for hydroxylation is 1. The third-order valence-electron chi connectivity index (χ3n) is 10.3. The number of nitrogens with zero attached hydrogens (tertiary/aromatic N) is 1. The molecule has 6 atom stereocenters. The van der Waals surface area contributed by atoms with Crippen molar-refractivity contribution in [2.45, 2.75) is 112 Å². The molecule has 180 valence electrons. The Morgan fingerprint density at radius 1 is 1.16 bits per heavy atom. The lowest BCUT2D eigenvalue weighted by molar-refractivity contribution is -0.0125. The van der Waals surface area contributed by atoms with Gasteiger partial charge in [0.05, 0.1) is 0 Å². The van der Waals surface area contributed by atoms with Crippen LogP contribution in [0.5, 0.6) is 0 Å². The summed E-state index contributed by atoms with van der Waals surface area (Å²) in [5, 5.41) is 0. The molecule has 1 aliphatic heterocycles. The lowest BCUT2D eigenvalue weighted by atomic mass is 9.56. The van der Waals surface area contributed by atoms with Gasteiger partial charge in [-0.2, -0.15) is 0 Å². The molecular formula is C31H51N. The van der Waals surface area contributed by atoms with Gasteiger partial charge in [-0.1, -0.05) is 72.6 Å². The van der Waals surface area contributed by atoms with Crippen molar-refractivity contribution in [1.82, 2.24) is 4.90 Å². The summed E-state index contributed by atoms with van der Waals surface area (Å²) < 4.78 is 0. The number of benzene rings is 1. The Kier molecular flexibility index (Phi) is 6.90. The fourth-order valence-corrected chi connectivity index (χ4v) is 7.92. The molecular weight excluding hydrogens is 386 g/mol. The fourth-order valence-electron chi connectivity index (χ4n) is 7.92. The fraction of sp³-hybridized carbons (Fsp3) is 0.806. The second-order valence-corrected chi connectivity index (χ2v) is 13.2. The maximum Gasteiger partial charge on any atom is 0.0104 e. The van der Waals surface area contributed by atoms with Crippen molar-refractivity contribution in [2.24, 2.45) is 35.0 Å². The first kappa shape index (κ1) is 24.3. The third kappa shape index (κ3) is 4.33. The molecule has 1 nitrogen and oxygen atoms in total. The van der Waals surface area contributed by atoms with Crippen molar-refractivity contribution >= 4 is 0 Å². The van der Waals surface area contributed by atoms with E-state index in [2.05, 4.69) is 78.5 Å². The molecule has 3 aliphatic rings. The normalized spacial score (nSPS) is 32.8. The largest absolute Gasteiger partial charge is 0.300 e. The van der Waals surface area contributed by atoms with Gasteiger partial charge in [0, 0.05) is 18.0 Å². The molecule has 0 aromatic heterocycles. The average molecular weight is 438 g/mol. The first-order valence-electron chi connectivity index (χ1n) is 13.9. The Labute approximate surface area is 199 Å².